The lowest BCUT2D eigenvalue weighted by molar-refractivity contribution is 0.454. The number of rotatable bonds is 4. The largest absolute Gasteiger partial charge is 0.440 e. The molecule has 0 bridgehead atoms. The minimum atomic E-state index is 0.0948. The first-order chi connectivity index (χ1) is 8.15. The minimum absolute atomic E-state index is 0.0948. The number of nitrogens with zero attached hydrogens (tertiary/aromatic N) is 1. The highest BCUT2D eigenvalue weighted by atomic mass is 35.5. The normalized spacial score (nSPS) is 12.6. The number of halogens is 1. The van der Waals surface area contributed by atoms with Crippen molar-refractivity contribution in [2.45, 2.75) is 29.5 Å². The summed E-state index contributed by atoms with van der Waals surface area (Å²) in [6.45, 7) is 1.97. The van der Waals surface area contributed by atoms with Gasteiger partial charge in [0.25, 0.3) is 5.22 Å². The molecule has 1 atom stereocenters. The maximum absolute atomic E-state index is 5.99. The smallest absolute Gasteiger partial charge is 0.260 e. The number of hydrogen-bond acceptors (Lipinski definition) is 4. The quantitative estimate of drug-likeness (QED) is 0.924. The fourth-order valence-corrected chi connectivity index (χ4v) is 2.52. The van der Waals surface area contributed by atoms with Crippen LogP contribution in [0.5, 0.6) is 0 Å². The van der Waals surface area contributed by atoms with Crippen LogP contribution in [0.15, 0.2) is 45.2 Å². The molecule has 0 radical (unpaired) electrons. The summed E-state index contributed by atoms with van der Waals surface area (Å²) in [6.07, 6.45) is 3.97. The summed E-state index contributed by atoms with van der Waals surface area (Å²) >= 11 is 7.47. The molecule has 0 saturated heterocycles. The molecule has 3 nitrogen and oxygen atoms in total. The summed E-state index contributed by atoms with van der Waals surface area (Å²) in [6, 6.07) is 5.86. The van der Waals surface area contributed by atoms with Crippen molar-refractivity contribution in [2.24, 2.45) is 5.73 Å². The van der Waals surface area contributed by atoms with E-state index >= 15 is 0 Å². The number of nitrogens with two attached hydrogens (primary N) is 1. The Hall–Kier alpha value is -0.970. The Bertz CT molecular complexity index is 485. The van der Waals surface area contributed by atoms with E-state index in [4.69, 9.17) is 21.8 Å². The molecule has 1 aromatic heterocycles. The van der Waals surface area contributed by atoms with Gasteiger partial charge in [-0.3, -0.25) is 0 Å². The van der Waals surface area contributed by atoms with Crippen LogP contribution >= 0.6 is 23.4 Å². The molecule has 17 heavy (non-hydrogen) atoms. The van der Waals surface area contributed by atoms with E-state index in [1.54, 1.807) is 12.5 Å². The molecule has 1 unspecified atom stereocenters. The van der Waals surface area contributed by atoms with E-state index in [0.29, 0.717) is 5.22 Å². The second kappa shape index (κ2) is 5.58. The summed E-state index contributed by atoms with van der Waals surface area (Å²) in [7, 11) is 0. The van der Waals surface area contributed by atoms with Crippen molar-refractivity contribution < 1.29 is 4.42 Å². The van der Waals surface area contributed by atoms with Gasteiger partial charge in [-0.25, -0.2) is 4.98 Å². The molecule has 0 saturated carbocycles. The SMILES string of the molecule is CC(N)Cc1cc(Cl)ccc1Sc1ncco1. The number of benzene rings is 1. The molecule has 2 rings (SSSR count). The van der Waals surface area contributed by atoms with E-state index in [0.717, 1.165) is 21.9 Å². The lowest BCUT2D eigenvalue weighted by Crippen LogP contribution is -2.18. The Morgan fingerprint density at radius 3 is 3.00 bits per heavy atom. The van der Waals surface area contributed by atoms with Crippen LogP contribution in [-0.2, 0) is 6.42 Å². The van der Waals surface area contributed by atoms with Crippen molar-refractivity contribution in [1.29, 1.82) is 0 Å². The third kappa shape index (κ3) is 3.49. The highest BCUT2D eigenvalue weighted by Crippen LogP contribution is 2.31. The van der Waals surface area contributed by atoms with Crippen molar-refractivity contribution in [3.05, 3.63) is 41.2 Å². The highest BCUT2D eigenvalue weighted by molar-refractivity contribution is 7.99. The molecule has 90 valence electrons. The van der Waals surface area contributed by atoms with Crippen LogP contribution in [-0.4, -0.2) is 11.0 Å². The van der Waals surface area contributed by atoms with Crippen LogP contribution < -0.4 is 5.73 Å². The summed E-state index contributed by atoms with van der Waals surface area (Å²) in [4.78, 5) is 5.16. The van der Waals surface area contributed by atoms with Gasteiger partial charge in [0.05, 0.1) is 6.20 Å². The van der Waals surface area contributed by atoms with E-state index in [2.05, 4.69) is 4.98 Å². The molecule has 0 aliphatic rings. The standard InChI is InChI=1S/C12H13ClN2OS/c1-8(14)6-9-7-10(13)2-3-11(9)17-12-15-4-5-16-12/h2-5,7-8H,6,14H2,1H3. The number of aromatic nitrogens is 1. The van der Waals surface area contributed by atoms with Gasteiger partial charge in [-0.2, -0.15) is 0 Å². The average molecular weight is 269 g/mol. The fraction of sp³-hybridized carbons (Fsp3) is 0.250. The zero-order valence-corrected chi connectivity index (χ0v) is 11.0. The fourth-order valence-electron chi connectivity index (χ4n) is 1.51. The summed E-state index contributed by atoms with van der Waals surface area (Å²) < 4.78 is 5.22. The van der Waals surface area contributed by atoms with Gasteiger partial charge in [-0.15, -0.1) is 0 Å². The van der Waals surface area contributed by atoms with Crippen molar-refractivity contribution in [3.63, 3.8) is 0 Å². The number of oxazole rings is 1. The third-order valence-electron chi connectivity index (χ3n) is 2.17. The van der Waals surface area contributed by atoms with Crippen molar-refractivity contribution in [2.75, 3.05) is 0 Å². The van der Waals surface area contributed by atoms with Gasteiger partial charge < -0.3 is 10.2 Å². The van der Waals surface area contributed by atoms with Crippen molar-refractivity contribution in [3.8, 4) is 0 Å². The molecule has 5 heteroatoms. The molecule has 1 heterocycles. The molecule has 1 aromatic carbocycles. The Morgan fingerprint density at radius 2 is 2.35 bits per heavy atom. The van der Waals surface area contributed by atoms with Crippen LogP contribution in [0.4, 0.5) is 0 Å². The Balaban J connectivity index is 2.25. The molecular formula is C12H13ClN2OS. The van der Waals surface area contributed by atoms with Gasteiger partial charge in [0.15, 0.2) is 0 Å². The Morgan fingerprint density at radius 1 is 1.53 bits per heavy atom. The summed E-state index contributed by atoms with van der Waals surface area (Å²) in [5.41, 5.74) is 6.95. The second-order valence-corrected chi connectivity index (χ2v) is 5.26. The maximum Gasteiger partial charge on any atom is 0.260 e. The van der Waals surface area contributed by atoms with Crippen LogP contribution in [0.25, 0.3) is 0 Å². The van der Waals surface area contributed by atoms with E-state index in [1.165, 1.54) is 11.8 Å². The van der Waals surface area contributed by atoms with Crippen LogP contribution in [0.2, 0.25) is 5.02 Å². The number of hydrogen-bond donors (Lipinski definition) is 1. The van der Waals surface area contributed by atoms with Gasteiger partial charge in [-0.1, -0.05) is 11.6 Å². The Kier molecular flexibility index (Phi) is 4.10. The highest BCUT2D eigenvalue weighted by Gasteiger charge is 2.09. The van der Waals surface area contributed by atoms with Crippen molar-refractivity contribution in [1.82, 2.24) is 4.98 Å². The molecular weight excluding hydrogens is 256 g/mol. The maximum atomic E-state index is 5.99. The van der Waals surface area contributed by atoms with Crippen molar-refractivity contribution >= 4 is 23.4 Å². The zero-order chi connectivity index (χ0) is 12.3. The minimum Gasteiger partial charge on any atom is -0.440 e. The monoisotopic (exact) mass is 268 g/mol. The lowest BCUT2D eigenvalue weighted by Gasteiger charge is -2.10. The molecule has 0 aliphatic heterocycles. The predicted octanol–water partition coefficient (Wildman–Crippen LogP) is 3.37. The first-order valence-corrected chi connectivity index (χ1v) is 6.46. The zero-order valence-electron chi connectivity index (χ0n) is 9.39. The molecule has 0 amide bonds. The van der Waals surface area contributed by atoms with Gasteiger partial charge in [0.2, 0.25) is 0 Å². The Labute approximate surface area is 109 Å². The lowest BCUT2D eigenvalue weighted by atomic mass is 10.1. The molecule has 0 aliphatic carbocycles. The molecule has 0 fully saturated rings. The topological polar surface area (TPSA) is 52.0 Å². The van der Waals surface area contributed by atoms with Crippen LogP contribution in [0.1, 0.15) is 12.5 Å². The van der Waals surface area contributed by atoms with Crippen LogP contribution in [0.3, 0.4) is 0 Å². The van der Waals surface area contributed by atoms with E-state index in [1.807, 2.05) is 25.1 Å². The van der Waals surface area contributed by atoms with Gasteiger partial charge in [0.1, 0.15) is 6.26 Å². The van der Waals surface area contributed by atoms with E-state index < -0.39 is 0 Å². The van der Waals surface area contributed by atoms with E-state index in [9.17, 15) is 0 Å². The van der Waals surface area contributed by atoms with E-state index in [-0.39, 0.29) is 6.04 Å². The molecule has 0 spiro atoms. The molecule has 2 N–H and O–H groups in total. The van der Waals surface area contributed by atoms with Gasteiger partial charge >= 0.3 is 0 Å². The summed E-state index contributed by atoms with van der Waals surface area (Å²) in [5, 5.41) is 1.34. The van der Waals surface area contributed by atoms with Crippen LogP contribution in [0, 0.1) is 0 Å². The second-order valence-electron chi connectivity index (χ2n) is 3.83. The summed E-state index contributed by atoms with van der Waals surface area (Å²) in [5.74, 6) is 0. The first kappa shape index (κ1) is 12.5. The predicted molar refractivity (Wildman–Crippen MR) is 69.4 cm³/mol. The molecule has 2 aromatic rings. The third-order valence-corrected chi connectivity index (χ3v) is 3.40. The van der Waals surface area contributed by atoms with Gasteiger partial charge in [-0.05, 0) is 48.9 Å². The van der Waals surface area contributed by atoms with Gasteiger partial charge in [0, 0.05) is 16.0 Å². The first-order valence-electron chi connectivity index (χ1n) is 5.26. The average Bonchev–Trinajstić information content (AvgIpc) is 2.74.